The minimum absolute atomic E-state index is 0.0376. The molecule has 1 amide bonds. The van der Waals surface area contributed by atoms with Crippen LogP contribution in [0, 0.1) is 5.92 Å². The molecule has 1 aliphatic rings. The monoisotopic (exact) mass is 317 g/mol. The van der Waals surface area contributed by atoms with Crippen molar-refractivity contribution in [3.63, 3.8) is 0 Å². The van der Waals surface area contributed by atoms with Crippen LogP contribution in [0.25, 0.3) is 0 Å². The number of nitrogens with zero attached hydrogens (tertiary/aromatic N) is 1. The highest BCUT2D eigenvalue weighted by atomic mass is 16.5. The van der Waals surface area contributed by atoms with Gasteiger partial charge in [0.2, 0.25) is 5.91 Å². The quantitative estimate of drug-likeness (QED) is 0.848. The van der Waals surface area contributed by atoms with Gasteiger partial charge in [0, 0.05) is 13.1 Å². The van der Waals surface area contributed by atoms with Crippen molar-refractivity contribution >= 4 is 5.91 Å². The van der Waals surface area contributed by atoms with Gasteiger partial charge in [-0.1, -0.05) is 24.6 Å². The summed E-state index contributed by atoms with van der Waals surface area (Å²) in [7, 11) is 3.36. The maximum absolute atomic E-state index is 12.5. The number of hydrogen-bond acceptors (Lipinski definition) is 3. The van der Waals surface area contributed by atoms with Crippen molar-refractivity contribution in [3.05, 3.63) is 41.5 Å². The number of methoxy groups -OCH3 is 1. The molecular formula is C19H27NO3. The van der Waals surface area contributed by atoms with E-state index < -0.39 is 0 Å². The standard InChI is InChI=1S/C19H27NO3/c1-14-4-6-15(7-5-14)12-19(22)20(2)18(13-21)16-8-10-17(23-3)11-9-16/h8-12,14,18,21H,4-7,13H2,1-3H3. The van der Waals surface area contributed by atoms with Gasteiger partial charge >= 0.3 is 0 Å². The Labute approximate surface area is 138 Å². The predicted molar refractivity (Wildman–Crippen MR) is 91.3 cm³/mol. The van der Waals surface area contributed by atoms with E-state index in [4.69, 9.17) is 4.74 Å². The van der Waals surface area contributed by atoms with E-state index in [2.05, 4.69) is 6.92 Å². The lowest BCUT2D eigenvalue weighted by molar-refractivity contribution is -0.127. The zero-order chi connectivity index (χ0) is 16.8. The summed E-state index contributed by atoms with van der Waals surface area (Å²) >= 11 is 0. The van der Waals surface area contributed by atoms with Gasteiger partial charge in [-0.05, 0) is 49.3 Å². The van der Waals surface area contributed by atoms with E-state index in [-0.39, 0.29) is 18.6 Å². The Morgan fingerprint density at radius 1 is 1.35 bits per heavy atom. The molecule has 1 atom stereocenters. The Hall–Kier alpha value is -1.81. The molecule has 0 aromatic heterocycles. The predicted octanol–water partition coefficient (Wildman–Crippen LogP) is 3.32. The van der Waals surface area contributed by atoms with Crippen LogP contribution in [-0.4, -0.2) is 36.7 Å². The molecule has 1 saturated carbocycles. The van der Waals surface area contributed by atoms with E-state index in [0.717, 1.165) is 42.9 Å². The van der Waals surface area contributed by atoms with Crippen LogP contribution >= 0.6 is 0 Å². The van der Waals surface area contributed by atoms with Crippen LogP contribution in [0.1, 0.15) is 44.2 Å². The number of allylic oxidation sites excluding steroid dienone is 1. The van der Waals surface area contributed by atoms with E-state index in [9.17, 15) is 9.90 Å². The zero-order valence-electron chi connectivity index (χ0n) is 14.3. The number of rotatable bonds is 5. The highest BCUT2D eigenvalue weighted by Gasteiger charge is 2.21. The molecule has 126 valence electrons. The minimum Gasteiger partial charge on any atom is -0.497 e. The lowest BCUT2D eigenvalue weighted by atomic mass is 9.87. The Balaban J connectivity index is 2.07. The van der Waals surface area contributed by atoms with Gasteiger partial charge in [0.25, 0.3) is 0 Å². The number of carbonyl (C=O) groups is 1. The van der Waals surface area contributed by atoms with Crippen LogP contribution in [0.15, 0.2) is 35.9 Å². The Morgan fingerprint density at radius 3 is 2.48 bits per heavy atom. The van der Waals surface area contributed by atoms with E-state index in [0.29, 0.717) is 0 Å². The SMILES string of the molecule is COc1ccc(C(CO)N(C)C(=O)C=C2CCC(C)CC2)cc1. The van der Waals surface area contributed by atoms with Gasteiger partial charge in [0.15, 0.2) is 0 Å². The topological polar surface area (TPSA) is 49.8 Å². The molecular weight excluding hydrogens is 290 g/mol. The van der Waals surface area contributed by atoms with Crippen LogP contribution in [0.2, 0.25) is 0 Å². The van der Waals surface area contributed by atoms with Gasteiger partial charge in [0.1, 0.15) is 5.75 Å². The molecule has 0 heterocycles. The van der Waals surface area contributed by atoms with E-state index in [1.165, 1.54) is 5.57 Å². The van der Waals surface area contributed by atoms with Crippen molar-refractivity contribution in [1.82, 2.24) is 4.90 Å². The average Bonchev–Trinajstić information content (AvgIpc) is 2.58. The van der Waals surface area contributed by atoms with Crippen molar-refractivity contribution in [2.45, 2.75) is 38.6 Å². The summed E-state index contributed by atoms with van der Waals surface area (Å²) in [6.07, 6.45) is 6.09. The molecule has 0 aliphatic heterocycles. The van der Waals surface area contributed by atoms with E-state index in [1.54, 1.807) is 25.1 Å². The van der Waals surface area contributed by atoms with Crippen LogP contribution in [0.4, 0.5) is 0 Å². The molecule has 1 aromatic rings. The summed E-state index contributed by atoms with van der Waals surface area (Å²) in [5.74, 6) is 1.48. The third-order valence-electron chi connectivity index (χ3n) is 4.73. The number of aliphatic hydroxyl groups excluding tert-OH is 1. The molecule has 23 heavy (non-hydrogen) atoms. The number of hydrogen-bond donors (Lipinski definition) is 1. The Kier molecular flexibility index (Phi) is 6.22. The molecule has 2 rings (SSSR count). The second kappa shape index (κ2) is 8.16. The molecule has 1 aromatic carbocycles. The summed E-state index contributed by atoms with van der Waals surface area (Å²) in [6.45, 7) is 2.16. The molecule has 0 bridgehead atoms. The number of carbonyl (C=O) groups excluding carboxylic acids is 1. The van der Waals surface area contributed by atoms with E-state index in [1.807, 2.05) is 24.3 Å². The molecule has 0 spiro atoms. The molecule has 1 N–H and O–H groups in total. The first kappa shape index (κ1) is 17.5. The second-order valence-corrected chi connectivity index (χ2v) is 6.41. The van der Waals surface area contributed by atoms with Crippen molar-refractivity contribution in [1.29, 1.82) is 0 Å². The first-order chi connectivity index (χ1) is 11.0. The third kappa shape index (κ3) is 4.58. The minimum atomic E-state index is -0.340. The van der Waals surface area contributed by atoms with Gasteiger partial charge in [-0.3, -0.25) is 4.79 Å². The fourth-order valence-electron chi connectivity index (χ4n) is 2.98. The normalized spacial score (nSPS) is 19.1. The molecule has 1 aliphatic carbocycles. The van der Waals surface area contributed by atoms with Crippen LogP contribution in [0.3, 0.4) is 0 Å². The van der Waals surface area contributed by atoms with Crippen molar-refractivity contribution in [2.24, 2.45) is 5.92 Å². The maximum Gasteiger partial charge on any atom is 0.246 e. The molecule has 4 nitrogen and oxygen atoms in total. The summed E-state index contributed by atoms with van der Waals surface area (Å²) in [5.41, 5.74) is 2.13. The molecule has 0 saturated heterocycles. The summed E-state index contributed by atoms with van der Waals surface area (Å²) < 4.78 is 5.15. The summed E-state index contributed by atoms with van der Waals surface area (Å²) in [5, 5.41) is 9.72. The fraction of sp³-hybridized carbons (Fsp3) is 0.526. The molecule has 4 heteroatoms. The molecule has 1 unspecified atom stereocenters. The molecule has 0 radical (unpaired) electrons. The lowest BCUT2D eigenvalue weighted by Crippen LogP contribution is -2.32. The van der Waals surface area contributed by atoms with Crippen molar-refractivity contribution in [3.8, 4) is 5.75 Å². The summed E-state index contributed by atoms with van der Waals surface area (Å²) in [6, 6.07) is 7.12. The Morgan fingerprint density at radius 2 is 1.96 bits per heavy atom. The number of amides is 1. The van der Waals surface area contributed by atoms with Gasteiger partial charge < -0.3 is 14.7 Å². The largest absolute Gasteiger partial charge is 0.497 e. The van der Waals surface area contributed by atoms with Gasteiger partial charge in [-0.15, -0.1) is 0 Å². The fourth-order valence-corrected chi connectivity index (χ4v) is 2.98. The maximum atomic E-state index is 12.5. The number of ether oxygens (including phenoxy) is 1. The van der Waals surface area contributed by atoms with Crippen molar-refractivity contribution in [2.75, 3.05) is 20.8 Å². The van der Waals surface area contributed by atoms with E-state index >= 15 is 0 Å². The highest BCUT2D eigenvalue weighted by Crippen LogP contribution is 2.28. The van der Waals surface area contributed by atoms with Crippen LogP contribution in [-0.2, 0) is 4.79 Å². The first-order valence-corrected chi connectivity index (χ1v) is 8.26. The zero-order valence-corrected chi connectivity index (χ0v) is 14.3. The Bertz CT molecular complexity index is 540. The van der Waals surface area contributed by atoms with Gasteiger partial charge in [-0.2, -0.15) is 0 Å². The number of benzene rings is 1. The highest BCUT2D eigenvalue weighted by molar-refractivity contribution is 5.88. The van der Waals surface area contributed by atoms with Gasteiger partial charge in [0.05, 0.1) is 19.8 Å². The third-order valence-corrected chi connectivity index (χ3v) is 4.73. The summed E-state index contributed by atoms with van der Waals surface area (Å²) in [4.78, 5) is 14.1. The second-order valence-electron chi connectivity index (χ2n) is 6.41. The molecule has 1 fully saturated rings. The number of aliphatic hydroxyl groups is 1. The van der Waals surface area contributed by atoms with Crippen LogP contribution in [0.5, 0.6) is 5.75 Å². The average molecular weight is 317 g/mol. The smallest absolute Gasteiger partial charge is 0.246 e. The van der Waals surface area contributed by atoms with Crippen molar-refractivity contribution < 1.29 is 14.6 Å². The number of likely N-dealkylation sites (N-methyl/N-ethyl adjacent to an activating group) is 1. The first-order valence-electron chi connectivity index (χ1n) is 8.26. The van der Waals surface area contributed by atoms with Crippen LogP contribution < -0.4 is 4.74 Å². The van der Waals surface area contributed by atoms with Gasteiger partial charge in [-0.25, -0.2) is 0 Å². The lowest BCUT2D eigenvalue weighted by Gasteiger charge is -2.27.